The molecule has 0 bridgehead atoms. The summed E-state index contributed by atoms with van der Waals surface area (Å²) in [6, 6.07) is 2.62. The van der Waals surface area contributed by atoms with Crippen LogP contribution in [0.5, 0.6) is 0 Å². The van der Waals surface area contributed by atoms with Crippen LogP contribution in [-0.2, 0) is 47.5 Å². The molecule has 5 rings (SSSR count). The van der Waals surface area contributed by atoms with Crippen LogP contribution in [0.1, 0.15) is 45.6 Å². The summed E-state index contributed by atoms with van der Waals surface area (Å²) in [5, 5.41) is 6.42. The van der Waals surface area contributed by atoms with Gasteiger partial charge in [-0.2, -0.15) is 13.5 Å². The molecule has 3 aliphatic rings. The summed E-state index contributed by atoms with van der Waals surface area (Å²) < 4.78 is 34.3. The van der Waals surface area contributed by atoms with E-state index in [1.807, 2.05) is 0 Å². The van der Waals surface area contributed by atoms with Crippen molar-refractivity contribution in [3.05, 3.63) is 40.1 Å². The molecule has 2 heterocycles. The zero-order chi connectivity index (χ0) is 23.2. The maximum absolute atomic E-state index is 12.9. The van der Waals surface area contributed by atoms with Crippen molar-refractivity contribution in [3.63, 3.8) is 0 Å². The van der Waals surface area contributed by atoms with Gasteiger partial charge >= 0.3 is 6.03 Å². The third-order valence-corrected chi connectivity index (χ3v) is 7.79. The van der Waals surface area contributed by atoms with Crippen LogP contribution in [0, 0.1) is 0 Å². The van der Waals surface area contributed by atoms with E-state index in [2.05, 4.69) is 21.2 Å². The zero-order valence-electron chi connectivity index (χ0n) is 18.5. The Balaban J connectivity index is 1.34. The molecule has 2 aromatic rings. The summed E-state index contributed by atoms with van der Waals surface area (Å²) in [6.07, 6.45) is 5.76. The van der Waals surface area contributed by atoms with Crippen molar-refractivity contribution in [1.82, 2.24) is 19.4 Å². The molecule has 33 heavy (non-hydrogen) atoms. The minimum absolute atomic E-state index is 0.136. The van der Waals surface area contributed by atoms with Crippen LogP contribution in [0.4, 0.5) is 10.5 Å². The molecule has 0 saturated carbocycles. The first-order valence-electron chi connectivity index (χ1n) is 11.2. The highest BCUT2D eigenvalue weighted by atomic mass is 32.2. The van der Waals surface area contributed by atoms with Crippen molar-refractivity contribution >= 4 is 27.6 Å². The lowest BCUT2D eigenvalue weighted by molar-refractivity contribution is 0.0295. The van der Waals surface area contributed by atoms with E-state index in [9.17, 15) is 18.0 Å². The normalized spacial score (nSPS) is 17.5. The van der Waals surface area contributed by atoms with Crippen molar-refractivity contribution in [2.75, 3.05) is 31.6 Å². The molecule has 3 amide bonds. The molecule has 10 nitrogen and oxygen atoms in total. The van der Waals surface area contributed by atoms with Crippen LogP contribution in [0.25, 0.3) is 0 Å². The first-order valence-corrected chi connectivity index (χ1v) is 12.7. The fourth-order valence-corrected chi connectivity index (χ4v) is 5.88. The van der Waals surface area contributed by atoms with Gasteiger partial charge in [0.1, 0.15) is 5.69 Å². The Bertz CT molecular complexity index is 1200. The smallest absolute Gasteiger partial charge is 0.333 e. The number of sulfonamides is 1. The Morgan fingerprint density at radius 1 is 1.00 bits per heavy atom. The minimum Gasteiger partial charge on any atom is -0.378 e. The lowest BCUT2D eigenvalue weighted by atomic mass is 9.99. The highest BCUT2D eigenvalue weighted by molar-refractivity contribution is 7.90. The topological polar surface area (TPSA) is 123 Å². The summed E-state index contributed by atoms with van der Waals surface area (Å²) >= 11 is 0. The number of aromatic nitrogens is 2. The van der Waals surface area contributed by atoms with Crippen LogP contribution >= 0.6 is 0 Å². The van der Waals surface area contributed by atoms with Crippen LogP contribution in [0.2, 0.25) is 0 Å². The van der Waals surface area contributed by atoms with Gasteiger partial charge in [-0.25, -0.2) is 9.52 Å². The van der Waals surface area contributed by atoms with E-state index in [1.54, 1.807) is 4.90 Å². The summed E-state index contributed by atoms with van der Waals surface area (Å²) in [5.41, 5.74) is 5.60. The number of anilines is 1. The number of ether oxygens (including phenoxy) is 1. The fourth-order valence-electron chi connectivity index (χ4n) is 4.98. The number of amides is 3. The molecular weight excluding hydrogens is 446 g/mol. The summed E-state index contributed by atoms with van der Waals surface area (Å²) in [5.74, 6) is -0.324. The van der Waals surface area contributed by atoms with Crippen molar-refractivity contribution in [2.24, 2.45) is 7.05 Å². The van der Waals surface area contributed by atoms with Gasteiger partial charge in [0.15, 0.2) is 5.03 Å². The van der Waals surface area contributed by atoms with Gasteiger partial charge in [-0.3, -0.25) is 9.48 Å². The average molecular weight is 474 g/mol. The summed E-state index contributed by atoms with van der Waals surface area (Å²) in [6.45, 7) is 1.73. The lowest BCUT2D eigenvalue weighted by Gasteiger charge is -2.26. The van der Waals surface area contributed by atoms with Crippen molar-refractivity contribution in [3.8, 4) is 0 Å². The quantitative estimate of drug-likeness (QED) is 0.692. The standard InChI is InChI=1S/C22H27N5O5S/c1-26-18(21(28)27-8-10-32-11-9-27)13-19(24-26)33(30,31)25-22(29)23-20-16-6-2-4-14(16)12-15-5-3-7-17(15)20/h12-13H,2-11H2,1H3,(H2,23,25,29). The van der Waals surface area contributed by atoms with E-state index in [4.69, 9.17) is 4.74 Å². The molecule has 0 atom stereocenters. The lowest BCUT2D eigenvalue weighted by Crippen LogP contribution is -2.41. The van der Waals surface area contributed by atoms with Gasteiger partial charge in [-0.1, -0.05) is 6.07 Å². The van der Waals surface area contributed by atoms with E-state index < -0.39 is 16.1 Å². The Hall–Kier alpha value is -2.92. The molecule has 1 fully saturated rings. The molecule has 2 N–H and O–H groups in total. The van der Waals surface area contributed by atoms with Gasteiger partial charge in [-0.15, -0.1) is 0 Å². The molecule has 1 aliphatic heterocycles. The zero-order valence-corrected chi connectivity index (χ0v) is 19.3. The number of rotatable bonds is 4. The first-order chi connectivity index (χ1) is 15.8. The number of hydrogen-bond acceptors (Lipinski definition) is 6. The number of nitrogens with one attached hydrogen (secondary N) is 2. The van der Waals surface area contributed by atoms with Gasteiger partial charge in [0.25, 0.3) is 15.9 Å². The molecule has 0 radical (unpaired) electrons. The fraction of sp³-hybridized carbons (Fsp3) is 0.500. The molecular formula is C22H27N5O5S. The number of aryl methyl sites for hydroxylation is 3. The largest absolute Gasteiger partial charge is 0.378 e. The molecule has 176 valence electrons. The number of fused-ring (bicyclic) bond motifs is 2. The van der Waals surface area contributed by atoms with E-state index in [-0.39, 0.29) is 16.6 Å². The Kier molecular flexibility index (Phi) is 5.61. The SMILES string of the molecule is Cn1nc(S(=O)(=O)NC(=O)Nc2c3c(cc4c2CCC4)CCC3)cc1C(=O)N1CCOCC1. The molecule has 2 aliphatic carbocycles. The van der Waals surface area contributed by atoms with Crippen molar-refractivity contribution in [1.29, 1.82) is 0 Å². The van der Waals surface area contributed by atoms with Crippen molar-refractivity contribution in [2.45, 2.75) is 43.6 Å². The van der Waals surface area contributed by atoms with E-state index in [1.165, 1.54) is 28.9 Å². The third-order valence-electron chi connectivity index (χ3n) is 6.59. The van der Waals surface area contributed by atoms with Crippen molar-refractivity contribution < 1.29 is 22.7 Å². The number of carbonyl (C=O) groups excluding carboxylic acids is 2. The molecule has 1 aromatic carbocycles. The predicted octanol–water partition coefficient (Wildman–Crippen LogP) is 1.38. The molecule has 1 aromatic heterocycles. The summed E-state index contributed by atoms with van der Waals surface area (Å²) in [7, 11) is -2.76. The number of nitrogens with zero attached hydrogens (tertiary/aromatic N) is 3. The number of hydrogen-bond donors (Lipinski definition) is 2. The average Bonchev–Trinajstić information content (AvgIpc) is 3.53. The van der Waals surface area contributed by atoms with Gasteiger partial charge in [0.05, 0.1) is 13.2 Å². The van der Waals surface area contributed by atoms with E-state index in [0.29, 0.717) is 26.3 Å². The Morgan fingerprint density at radius 3 is 2.27 bits per heavy atom. The number of carbonyl (C=O) groups is 2. The Labute approximate surface area is 192 Å². The van der Waals surface area contributed by atoms with Crippen LogP contribution < -0.4 is 10.0 Å². The summed E-state index contributed by atoms with van der Waals surface area (Å²) in [4.78, 5) is 27.1. The van der Waals surface area contributed by atoms with E-state index in [0.717, 1.165) is 55.3 Å². The maximum atomic E-state index is 12.9. The molecule has 1 saturated heterocycles. The molecule has 0 unspecified atom stereocenters. The third kappa shape index (κ3) is 4.10. The maximum Gasteiger partial charge on any atom is 0.333 e. The number of morpholine rings is 1. The highest BCUT2D eigenvalue weighted by Gasteiger charge is 2.29. The predicted molar refractivity (Wildman–Crippen MR) is 120 cm³/mol. The Morgan fingerprint density at radius 2 is 1.64 bits per heavy atom. The van der Waals surface area contributed by atoms with Crippen LogP contribution in [-0.4, -0.2) is 61.3 Å². The van der Waals surface area contributed by atoms with Gasteiger partial charge in [0, 0.05) is 31.9 Å². The van der Waals surface area contributed by atoms with Crippen LogP contribution in [0.3, 0.4) is 0 Å². The molecule has 11 heteroatoms. The second kappa shape index (κ2) is 8.45. The second-order valence-electron chi connectivity index (χ2n) is 8.69. The van der Waals surface area contributed by atoms with Gasteiger partial charge in [-0.05, 0) is 60.8 Å². The van der Waals surface area contributed by atoms with Crippen LogP contribution in [0.15, 0.2) is 17.2 Å². The minimum atomic E-state index is -4.26. The highest BCUT2D eigenvalue weighted by Crippen LogP contribution is 2.38. The second-order valence-corrected chi connectivity index (χ2v) is 10.3. The monoisotopic (exact) mass is 473 g/mol. The number of benzene rings is 1. The van der Waals surface area contributed by atoms with Gasteiger partial charge < -0.3 is 15.0 Å². The number of urea groups is 1. The first kappa shape index (κ1) is 21.9. The molecule has 0 spiro atoms. The van der Waals surface area contributed by atoms with Gasteiger partial charge in [0.2, 0.25) is 0 Å². The van der Waals surface area contributed by atoms with E-state index >= 15 is 0 Å².